The summed E-state index contributed by atoms with van der Waals surface area (Å²) in [6, 6.07) is 0. The Kier molecular flexibility index (Phi) is 17.9. The lowest BCUT2D eigenvalue weighted by Crippen LogP contribution is -2.24. The topological polar surface area (TPSA) is 61.3 Å². The van der Waals surface area contributed by atoms with E-state index in [0.717, 1.165) is 6.42 Å². The Hall–Kier alpha value is -0.350. The first kappa shape index (κ1) is 24.9. The molecule has 0 saturated heterocycles. The van der Waals surface area contributed by atoms with Gasteiger partial charge in [0.25, 0.3) is 0 Å². The van der Waals surface area contributed by atoms with Crippen molar-refractivity contribution in [2.75, 3.05) is 0 Å². The molecule has 2 unspecified atom stereocenters. The van der Waals surface area contributed by atoms with E-state index in [9.17, 15) is 4.79 Å². The fraction of sp³-hybridized carbons (Fsp3) is 0.842. The van der Waals surface area contributed by atoms with Gasteiger partial charge in [0.1, 0.15) is 6.10 Å². The third kappa shape index (κ3) is 14.9. The monoisotopic (exact) mass is 391 g/mol. The molecule has 4 heteroatoms. The van der Waals surface area contributed by atoms with Crippen LogP contribution in [-0.2, 0) is 9.53 Å². The molecule has 0 amide bonds. The smallest absolute Gasteiger partial charge is 0.333 e. The number of esters is 1. The molecule has 0 bridgehead atoms. The molecule has 0 aromatic rings. The molecule has 0 saturated carbocycles. The van der Waals surface area contributed by atoms with Gasteiger partial charge in [-0.15, -0.1) is 0 Å². The van der Waals surface area contributed by atoms with E-state index in [0.29, 0.717) is 5.57 Å². The molecule has 2 atom stereocenters. The minimum atomic E-state index is -0.292. The van der Waals surface area contributed by atoms with E-state index in [2.05, 4.69) is 29.4 Å². The van der Waals surface area contributed by atoms with Crippen molar-refractivity contribution in [3.63, 3.8) is 0 Å². The molecule has 0 aromatic carbocycles. The van der Waals surface area contributed by atoms with Crippen molar-refractivity contribution in [1.29, 1.82) is 0 Å². The van der Waals surface area contributed by atoms with Crippen molar-refractivity contribution in [3.05, 3.63) is 12.2 Å². The lowest BCUT2D eigenvalue weighted by atomic mass is 10.0. The Morgan fingerprint density at radius 1 is 1.00 bits per heavy atom. The van der Waals surface area contributed by atoms with E-state index in [4.69, 9.17) is 4.74 Å². The van der Waals surface area contributed by atoms with Crippen molar-refractivity contribution >= 4 is 21.9 Å². The Morgan fingerprint density at radius 3 is 1.87 bits per heavy atom. The van der Waals surface area contributed by atoms with Crippen LogP contribution in [-0.4, -0.2) is 16.9 Å². The Labute approximate surface area is 152 Å². The van der Waals surface area contributed by atoms with Gasteiger partial charge in [0.2, 0.25) is 0 Å². The molecule has 3 N–H and O–H groups in total. The maximum absolute atomic E-state index is 11.5. The fourth-order valence-corrected chi connectivity index (χ4v) is 2.84. The van der Waals surface area contributed by atoms with E-state index in [1.54, 1.807) is 6.92 Å². The Bertz CT molecular complexity index is 308. The average Bonchev–Trinajstić information content (AvgIpc) is 2.48. The van der Waals surface area contributed by atoms with Crippen molar-refractivity contribution in [2.45, 2.75) is 102 Å². The summed E-state index contributed by atoms with van der Waals surface area (Å²) in [4.78, 5) is 11.7. The summed E-state index contributed by atoms with van der Waals surface area (Å²) in [6.07, 6.45) is 14.4. The Balaban J connectivity index is 0. The van der Waals surface area contributed by atoms with E-state index in [-0.39, 0.29) is 23.1 Å². The summed E-state index contributed by atoms with van der Waals surface area (Å²) in [5, 5.41) is 0. The number of unbranched alkanes of at least 4 members (excludes halogenated alkanes) is 9. The molecule has 0 aromatic heterocycles. The Morgan fingerprint density at radius 2 is 1.43 bits per heavy atom. The van der Waals surface area contributed by atoms with Gasteiger partial charge >= 0.3 is 5.97 Å². The second-order valence-electron chi connectivity index (χ2n) is 6.38. The second-order valence-corrected chi connectivity index (χ2v) is 7.55. The van der Waals surface area contributed by atoms with Crippen LogP contribution < -0.4 is 6.15 Å². The predicted octanol–water partition coefficient (Wildman–Crippen LogP) is 6.73. The highest BCUT2D eigenvalue weighted by molar-refractivity contribution is 9.09. The van der Waals surface area contributed by atoms with Crippen molar-refractivity contribution in [2.24, 2.45) is 0 Å². The number of rotatable bonds is 14. The molecule has 0 spiro atoms. The van der Waals surface area contributed by atoms with E-state index in [1.165, 1.54) is 64.2 Å². The van der Waals surface area contributed by atoms with Crippen molar-refractivity contribution in [1.82, 2.24) is 6.15 Å². The molecule has 0 radical (unpaired) electrons. The number of carbonyl (C=O) groups excluding carboxylic acids is 1. The average molecular weight is 392 g/mol. The zero-order chi connectivity index (χ0) is 16.8. The predicted molar refractivity (Wildman–Crippen MR) is 105 cm³/mol. The van der Waals surface area contributed by atoms with Gasteiger partial charge in [0.15, 0.2) is 0 Å². The molecule has 3 nitrogen and oxygen atoms in total. The summed E-state index contributed by atoms with van der Waals surface area (Å²) in [5.74, 6) is -0.292. The third-order valence-corrected chi connectivity index (χ3v) is 5.19. The summed E-state index contributed by atoms with van der Waals surface area (Å²) in [5.41, 5.74) is 0.463. The number of hydrogen-bond donors (Lipinski definition) is 1. The molecule has 0 aliphatic heterocycles. The lowest BCUT2D eigenvalue weighted by Gasteiger charge is -2.19. The molecule has 0 fully saturated rings. The van der Waals surface area contributed by atoms with Crippen LogP contribution in [0.15, 0.2) is 12.2 Å². The zero-order valence-electron chi connectivity index (χ0n) is 15.5. The summed E-state index contributed by atoms with van der Waals surface area (Å²) < 4.78 is 5.33. The van der Waals surface area contributed by atoms with Gasteiger partial charge < -0.3 is 10.9 Å². The quantitative estimate of drug-likeness (QED) is 0.154. The fourth-order valence-electron chi connectivity index (χ4n) is 2.40. The van der Waals surface area contributed by atoms with Crippen LogP contribution in [0.4, 0.5) is 0 Å². The highest BCUT2D eigenvalue weighted by Gasteiger charge is 2.18. The number of halogens is 1. The highest BCUT2D eigenvalue weighted by atomic mass is 79.9. The van der Waals surface area contributed by atoms with E-state index in [1.807, 2.05) is 6.92 Å². The van der Waals surface area contributed by atoms with Crippen LogP contribution in [0.5, 0.6) is 0 Å². The van der Waals surface area contributed by atoms with Gasteiger partial charge in [-0.1, -0.05) is 93.6 Å². The maximum Gasteiger partial charge on any atom is 0.333 e. The molecule has 23 heavy (non-hydrogen) atoms. The number of ether oxygens (including phenoxy) is 1. The first-order valence-electron chi connectivity index (χ1n) is 8.99. The first-order valence-corrected chi connectivity index (χ1v) is 9.91. The molecule has 0 aliphatic rings. The van der Waals surface area contributed by atoms with E-state index < -0.39 is 0 Å². The van der Waals surface area contributed by atoms with Gasteiger partial charge in [-0.3, -0.25) is 0 Å². The van der Waals surface area contributed by atoms with Crippen molar-refractivity contribution < 1.29 is 9.53 Å². The molecular formula is C19H38BrNO2. The summed E-state index contributed by atoms with van der Waals surface area (Å²) >= 11 is 3.63. The van der Waals surface area contributed by atoms with E-state index >= 15 is 0 Å². The molecule has 138 valence electrons. The number of hydrogen-bond acceptors (Lipinski definition) is 3. The van der Waals surface area contributed by atoms with Gasteiger partial charge in [0, 0.05) is 5.57 Å². The summed E-state index contributed by atoms with van der Waals surface area (Å²) in [6.45, 7) is 9.49. The van der Waals surface area contributed by atoms with Crippen LogP contribution >= 0.6 is 15.9 Å². The standard InChI is InChI=1S/C19H35BrO2.H3N/c1-5-6-7-8-9-10-11-12-13-14-15-18(20)17(4)22-19(21)16(2)3;/h17-18H,2,5-15H2,1,3-4H3;1H3. The van der Waals surface area contributed by atoms with Crippen LogP contribution in [0.25, 0.3) is 0 Å². The van der Waals surface area contributed by atoms with Gasteiger partial charge in [-0.05, 0) is 20.3 Å². The van der Waals surface area contributed by atoms with Gasteiger partial charge in [-0.2, -0.15) is 0 Å². The van der Waals surface area contributed by atoms with Crippen LogP contribution in [0.3, 0.4) is 0 Å². The maximum atomic E-state index is 11.5. The highest BCUT2D eigenvalue weighted by Crippen LogP contribution is 2.19. The number of carbonyl (C=O) groups is 1. The lowest BCUT2D eigenvalue weighted by molar-refractivity contribution is -0.143. The van der Waals surface area contributed by atoms with Crippen LogP contribution in [0.2, 0.25) is 0 Å². The molecule has 0 heterocycles. The molecule has 0 rings (SSSR count). The first-order chi connectivity index (χ1) is 10.5. The molecular weight excluding hydrogens is 354 g/mol. The number of alkyl halides is 1. The SMILES string of the molecule is C=C(C)C(=O)OC(C)C(Br)CCCCCCCCCCCC.N. The summed E-state index contributed by atoms with van der Waals surface area (Å²) in [7, 11) is 0. The zero-order valence-corrected chi connectivity index (χ0v) is 17.1. The minimum Gasteiger partial charge on any atom is -0.458 e. The minimum absolute atomic E-state index is 0. The second kappa shape index (κ2) is 16.5. The third-order valence-electron chi connectivity index (χ3n) is 3.98. The van der Waals surface area contributed by atoms with Crippen molar-refractivity contribution in [3.8, 4) is 0 Å². The largest absolute Gasteiger partial charge is 0.458 e. The van der Waals surface area contributed by atoms with Gasteiger partial charge in [-0.25, -0.2) is 4.79 Å². The van der Waals surface area contributed by atoms with Crippen LogP contribution in [0.1, 0.15) is 91.4 Å². The van der Waals surface area contributed by atoms with Gasteiger partial charge in [0.05, 0.1) is 4.83 Å². The molecule has 0 aliphatic carbocycles. The normalized spacial score (nSPS) is 13.0. The van der Waals surface area contributed by atoms with Crippen LogP contribution in [0, 0.1) is 0 Å².